The van der Waals surface area contributed by atoms with Crippen molar-refractivity contribution < 1.29 is 9.59 Å². The summed E-state index contributed by atoms with van der Waals surface area (Å²) in [6.45, 7) is 4.48. The number of benzene rings is 1. The highest BCUT2D eigenvalue weighted by Gasteiger charge is 2.43. The molecule has 1 saturated heterocycles. The standard InChI is InChI=1S/C14H18ClN3O2.ClH/c1-14(2)13(20)17(3)6-7-18(14)12(19)10-5-4-9(16)8-11(10)15;/h4-5,8H,6-7,16H2,1-3H3;1H. The largest absolute Gasteiger partial charge is 0.399 e. The summed E-state index contributed by atoms with van der Waals surface area (Å²) in [5, 5.41) is 0.303. The van der Waals surface area contributed by atoms with Crippen LogP contribution in [0.3, 0.4) is 0 Å². The number of anilines is 1. The average molecular weight is 332 g/mol. The van der Waals surface area contributed by atoms with E-state index in [1.54, 1.807) is 48.9 Å². The maximum absolute atomic E-state index is 12.6. The first kappa shape index (κ1) is 17.6. The number of hydrogen-bond acceptors (Lipinski definition) is 3. The van der Waals surface area contributed by atoms with Crippen LogP contribution in [0.4, 0.5) is 5.69 Å². The Morgan fingerprint density at radius 2 is 1.95 bits per heavy atom. The lowest BCUT2D eigenvalue weighted by molar-refractivity contribution is -0.144. The Balaban J connectivity index is 0.00000220. The average Bonchev–Trinajstić information content (AvgIpc) is 2.35. The van der Waals surface area contributed by atoms with Crippen molar-refractivity contribution in [3.05, 3.63) is 28.8 Å². The van der Waals surface area contributed by atoms with Crippen LogP contribution < -0.4 is 5.73 Å². The molecule has 0 bridgehead atoms. The van der Waals surface area contributed by atoms with E-state index in [9.17, 15) is 9.59 Å². The number of likely N-dealkylation sites (N-methyl/N-ethyl adjacent to an activating group) is 1. The van der Waals surface area contributed by atoms with E-state index in [0.29, 0.717) is 29.4 Å². The Morgan fingerprint density at radius 1 is 1.33 bits per heavy atom. The molecule has 2 N–H and O–H groups in total. The topological polar surface area (TPSA) is 66.6 Å². The van der Waals surface area contributed by atoms with Crippen molar-refractivity contribution in [2.24, 2.45) is 0 Å². The molecule has 1 aliphatic heterocycles. The van der Waals surface area contributed by atoms with Crippen LogP contribution >= 0.6 is 24.0 Å². The Bertz CT molecular complexity index is 575. The van der Waals surface area contributed by atoms with Crippen LogP contribution in [0, 0.1) is 0 Å². The number of amides is 2. The highest BCUT2D eigenvalue weighted by atomic mass is 35.5. The first-order chi connectivity index (χ1) is 9.25. The van der Waals surface area contributed by atoms with E-state index >= 15 is 0 Å². The zero-order chi connectivity index (χ0) is 15.1. The van der Waals surface area contributed by atoms with Crippen LogP contribution in [0.15, 0.2) is 18.2 Å². The number of halogens is 2. The molecular weight excluding hydrogens is 313 g/mol. The molecule has 5 nitrogen and oxygen atoms in total. The van der Waals surface area contributed by atoms with Gasteiger partial charge in [0.2, 0.25) is 5.91 Å². The van der Waals surface area contributed by atoms with E-state index in [-0.39, 0.29) is 24.2 Å². The number of hydrogen-bond donors (Lipinski definition) is 1. The fraction of sp³-hybridized carbons (Fsp3) is 0.429. The van der Waals surface area contributed by atoms with Gasteiger partial charge in [-0.1, -0.05) is 11.6 Å². The third kappa shape index (κ3) is 3.09. The van der Waals surface area contributed by atoms with Gasteiger partial charge in [-0.2, -0.15) is 0 Å². The number of nitrogens with two attached hydrogens (primary N) is 1. The lowest BCUT2D eigenvalue weighted by atomic mass is 9.96. The second-order valence-corrected chi connectivity index (χ2v) is 5.89. The molecule has 1 aromatic rings. The van der Waals surface area contributed by atoms with Crippen LogP contribution in [0.2, 0.25) is 5.02 Å². The molecule has 0 unspecified atom stereocenters. The van der Waals surface area contributed by atoms with Gasteiger partial charge in [-0.05, 0) is 32.0 Å². The molecule has 116 valence electrons. The van der Waals surface area contributed by atoms with E-state index in [1.165, 1.54) is 0 Å². The third-order valence-corrected chi connectivity index (χ3v) is 3.99. The van der Waals surface area contributed by atoms with Gasteiger partial charge >= 0.3 is 0 Å². The molecule has 0 aromatic heterocycles. The minimum absolute atomic E-state index is 0. The molecule has 0 radical (unpaired) electrons. The van der Waals surface area contributed by atoms with Gasteiger partial charge in [0.25, 0.3) is 5.91 Å². The third-order valence-electron chi connectivity index (χ3n) is 3.67. The van der Waals surface area contributed by atoms with Gasteiger partial charge in [-0.3, -0.25) is 9.59 Å². The minimum atomic E-state index is -0.880. The Hall–Kier alpha value is -1.46. The quantitative estimate of drug-likeness (QED) is 0.801. The monoisotopic (exact) mass is 331 g/mol. The first-order valence-corrected chi connectivity index (χ1v) is 6.75. The number of carbonyl (C=O) groups is 2. The number of nitrogen functional groups attached to an aromatic ring is 1. The molecule has 21 heavy (non-hydrogen) atoms. The normalized spacial score (nSPS) is 17.4. The van der Waals surface area contributed by atoms with Gasteiger partial charge in [0, 0.05) is 25.8 Å². The van der Waals surface area contributed by atoms with Crippen molar-refractivity contribution in [3.63, 3.8) is 0 Å². The summed E-state index contributed by atoms with van der Waals surface area (Å²) in [5.74, 6) is -0.329. The van der Waals surface area contributed by atoms with Gasteiger partial charge in [0.15, 0.2) is 0 Å². The Kier molecular flexibility index (Phi) is 5.12. The van der Waals surface area contributed by atoms with Crippen LogP contribution in [0.1, 0.15) is 24.2 Å². The van der Waals surface area contributed by atoms with E-state index in [2.05, 4.69) is 0 Å². The van der Waals surface area contributed by atoms with Gasteiger partial charge in [-0.25, -0.2) is 0 Å². The lowest BCUT2D eigenvalue weighted by Gasteiger charge is -2.44. The van der Waals surface area contributed by atoms with Crippen molar-refractivity contribution in [3.8, 4) is 0 Å². The molecule has 7 heteroatoms. The molecule has 1 aliphatic rings. The second kappa shape index (κ2) is 6.12. The van der Waals surface area contributed by atoms with Crippen molar-refractivity contribution in [1.82, 2.24) is 9.80 Å². The van der Waals surface area contributed by atoms with Crippen molar-refractivity contribution in [2.75, 3.05) is 25.9 Å². The van der Waals surface area contributed by atoms with Gasteiger partial charge < -0.3 is 15.5 Å². The zero-order valence-corrected chi connectivity index (χ0v) is 13.8. The number of rotatable bonds is 1. The fourth-order valence-corrected chi connectivity index (χ4v) is 2.69. The smallest absolute Gasteiger partial charge is 0.256 e. The zero-order valence-electron chi connectivity index (χ0n) is 12.2. The number of piperazine rings is 1. The molecule has 1 heterocycles. The molecule has 1 aromatic carbocycles. The number of carbonyl (C=O) groups excluding carboxylic acids is 2. The SMILES string of the molecule is CN1CCN(C(=O)c2ccc(N)cc2Cl)C(C)(C)C1=O.Cl. The lowest BCUT2D eigenvalue weighted by Crippen LogP contribution is -2.63. The molecule has 0 atom stereocenters. The summed E-state index contributed by atoms with van der Waals surface area (Å²) in [5.41, 5.74) is 5.62. The summed E-state index contributed by atoms with van der Waals surface area (Å²) in [6.07, 6.45) is 0. The van der Waals surface area contributed by atoms with E-state index in [4.69, 9.17) is 17.3 Å². The van der Waals surface area contributed by atoms with Crippen LogP contribution in [-0.4, -0.2) is 47.3 Å². The summed E-state index contributed by atoms with van der Waals surface area (Å²) < 4.78 is 0. The highest BCUT2D eigenvalue weighted by molar-refractivity contribution is 6.34. The van der Waals surface area contributed by atoms with E-state index in [1.807, 2.05) is 0 Å². The second-order valence-electron chi connectivity index (χ2n) is 5.48. The molecule has 0 spiro atoms. The predicted molar refractivity (Wildman–Crippen MR) is 85.9 cm³/mol. The molecule has 0 aliphatic carbocycles. The number of nitrogens with zero attached hydrogens (tertiary/aromatic N) is 2. The predicted octanol–water partition coefficient (Wildman–Crippen LogP) is 2.04. The maximum Gasteiger partial charge on any atom is 0.256 e. The van der Waals surface area contributed by atoms with Crippen molar-refractivity contribution in [1.29, 1.82) is 0 Å². The van der Waals surface area contributed by atoms with Gasteiger partial charge in [0.1, 0.15) is 5.54 Å². The molecule has 0 saturated carbocycles. The summed E-state index contributed by atoms with van der Waals surface area (Å²) >= 11 is 6.08. The van der Waals surface area contributed by atoms with Crippen molar-refractivity contribution >= 4 is 41.5 Å². The maximum atomic E-state index is 12.6. The Morgan fingerprint density at radius 3 is 2.52 bits per heavy atom. The molecular formula is C14H19Cl2N3O2. The van der Waals surface area contributed by atoms with Crippen molar-refractivity contribution in [2.45, 2.75) is 19.4 Å². The fourth-order valence-electron chi connectivity index (χ4n) is 2.42. The Labute approximate surface area is 135 Å². The van der Waals surface area contributed by atoms with E-state index < -0.39 is 5.54 Å². The first-order valence-electron chi connectivity index (χ1n) is 6.37. The summed E-state index contributed by atoms with van der Waals surface area (Å²) in [6, 6.07) is 4.77. The van der Waals surface area contributed by atoms with Crippen LogP contribution in [-0.2, 0) is 4.79 Å². The molecule has 2 rings (SSSR count). The summed E-state index contributed by atoms with van der Waals surface area (Å²) in [4.78, 5) is 28.0. The minimum Gasteiger partial charge on any atom is -0.399 e. The highest BCUT2D eigenvalue weighted by Crippen LogP contribution is 2.27. The molecule has 1 fully saturated rings. The van der Waals surface area contributed by atoms with Gasteiger partial charge in [-0.15, -0.1) is 12.4 Å². The molecule has 2 amide bonds. The van der Waals surface area contributed by atoms with Crippen LogP contribution in [0.5, 0.6) is 0 Å². The van der Waals surface area contributed by atoms with Crippen LogP contribution in [0.25, 0.3) is 0 Å². The van der Waals surface area contributed by atoms with E-state index in [0.717, 1.165) is 0 Å². The summed E-state index contributed by atoms with van der Waals surface area (Å²) in [7, 11) is 1.74. The van der Waals surface area contributed by atoms with Gasteiger partial charge in [0.05, 0.1) is 10.6 Å².